The number of likely N-dealkylation sites (tertiary alicyclic amines) is 1. The molecular weight excluding hydrogens is 304 g/mol. The number of nitrogens with one attached hydrogen (secondary N) is 1. The number of nitrogens with zero attached hydrogens (tertiary/aromatic N) is 1. The third kappa shape index (κ3) is 3.62. The van der Waals surface area contributed by atoms with Gasteiger partial charge in [-0.15, -0.1) is 0 Å². The Balaban J connectivity index is 1.58. The molecule has 0 saturated carbocycles. The van der Waals surface area contributed by atoms with Gasteiger partial charge in [0.25, 0.3) is 0 Å². The molecule has 0 radical (unpaired) electrons. The van der Waals surface area contributed by atoms with Crippen molar-refractivity contribution in [3.05, 3.63) is 54.1 Å². The van der Waals surface area contributed by atoms with Gasteiger partial charge in [-0.2, -0.15) is 0 Å². The monoisotopic (exact) mass is 326 g/mol. The Hall–Kier alpha value is -2.69. The number of benzene rings is 2. The van der Waals surface area contributed by atoms with Crippen molar-refractivity contribution in [1.29, 1.82) is 0 Å². The van der Waals surface area contributed by atoms with Crippen molar-refractivity contribution in [2.75, 3.05) is 32.6 Å². The molecule has 126 valence electrons. The fourth-order valence-corrected chi connectivity index (χ4v) is 2.97. The summed E-state index contributed by atoms with van der Waals surface area (Å²) in [4.78, 5) is 14.3. The van der Waals surface area contributed by atoms with Crippen LogP contribution in [0.25, 0.3) is 0 Å². The van der Waals surface area contributed by atoms with Crippen molar-refractivity contribution < 1.29 is 14.3 Å². The highest BCUT2D eigenvalue weighted by Gasteiger charge is 2.27. The molecule has 2 aromatic carbocycles. The summed E-state index contributed by atoms with van der Waals surface area (Å²) in [5.74, 6) is 2.00. The van der Waals surface area contributed by atoms with E-state index in [1.807, 2.05) is 41.3 Å². The summed E-state index contributed by atoms with van der Waals surface area (Å²) < 4.78 is 10.3. The van der Waals surface area contributed by atoms with Crippen LogP contribution in [0.2, 0.25) is 0 Å². The number of carbonyl (C=O) groups excluding carboxylic acids is 1. The minimum absolute atomic E-state index is 0.0591. The van der Waals surface area contributed by atoms with Gasteiger partial charge in [-0.05, 0) is 48.4 Å². The van der Waals surface area contributed by atoms with Gasteiger partial charge < -0.3 is 19.7 Å². The van der Waals surface area contributed by atoms with Crippen molar-refractivity contribution in [2.24, 2.45) is 0 Å². The molecule has 1 saturated heterocycles. The van der Waals surface area contributed by atoms with E-state index < -0.39 is 0 Å². The van der Waals surface area contributed by atoms with Gasteiger partial charge in [0.2, 0.25) is 0 Å². The van der Waals surface area contributed by atoms with E-state index in [4.69, 9.17) is 9.47 Å². The maximum atomic E-state index is 12.4. The standard InChI is InChI=1S/C19H22N2O3/c1-23-17-7-3-14(4-8-17)15-11-12-21(13-15)19(22)20-16-5-9-18(24-2)10-6-16/h3-10,15H,11-13H2,1-2H3,(H,20,22). The van der Waals surface area contributed by atoms with Gasteiger partial charge in [0.15, 0.2) is 0 Å². The first kappa shape index (κ1) is 16.2. The topological polar surface area (TPSA) is 50.8 Å². The number of carbonyl (C=O) groups is 1. The lowest BCUT2D eigenvalue weighted by molar-refractivity contribution is 0.222. The Labute approximate surface area is 142 Å². The maximum absolute atomic E-state index is 12.4. The smallest absolute Gasteiger partial charge is 0.321 e. The van der Waals surface area contributed by atoms with Gasteiger partial charge in [0.1, 0.15) is 11.5 Å². The third-order valence-corrected chi connectivity index (χ3v) is 4.40. The second kappa shape index (κ2) is 7.25. The van der Waals surface area contributed by atoms with E-state index in [9.17, 15) is 4.79 Å². The van der Waals surface area contributed by atoms with Gasteiger partial charge in [-0.3, -0.25) is 0 Å². The number of anilines is 1. The second-order valence-corrected chi connectivity index (χ2v) is 5.86. The molecule has 2 amide bonds. The number of methoxy groups -OCH3 is 2. The minimum atomic E-state index is -0.0591. The summed E-state index contributed by atoms with van der Waals surface area (Å²) >= 11 is 0. The molecular formula is C19H22N2O3. The number of urea groups is 1. The molecule has 1 atom stereocenters. The molecule has 0 bridgehead atoms. The van der Waals surface area contributed by atoms with Crippen LogP contribution in [0.5, 0.6) is 11.5 Å². The van der Waals surface area contributed by atoms with E-state index in [1.165, 1.54) is 5.56 Å². The third-order valence-electron chi connectivity index (χ3n) is 4.40. The molecule has 2 aromatic rings. The Morgan fingerprint density at radius 1 is 1.00 bits per heavy atom. The predicted octanol–water partition coefficient (Wildman–Crippen LogP) is 3.73. The normalized spacial score (nSPS) is 16.8. The average Bonchev–Trinajstić information content (AvgIpc) is 3.13. The number of ether oxygens (including phenoxy) is 2. The van der Waals surface area contributed by atoms with Crippen LogP contribution in [0.4, 0.5) is 10.5 Å². The summed E-state index contributed by atoms with van der Waals surface area (Å²) in [6.45, 7) is 1.49. The van der Waals surface area contributed by atoms with Crippen LogP contribution in [-0.2, 0) is 0 Å². The molecule has 1 fully saturated rings. The molecule has 3 rings (SSSR count). The van der Waals surface area contributed by atoms with Gasteiger partial charge in [0, 0.05) is 24.7 Å². The van der Waals surface area contributed by atoms with E-state index in [2.05, 4.69) is 17.4 Å². The molecule has 0 spiro atoms. The predicted molar refractivity (Wildman–Crippen MR) is 93.9 cm³/mol. The van der Waals surface area contributed by atoms with Gasteiger partial charge in [-0.25, -0.2) is 4.79 Å². The van der Waals surface area contributed by atoms with Crippen molar-refractivity contribution in [1.82, 2.24) is 4.90 Å². The van der Waals surface area contributed by atoms with E-state index in [-0.39, 0.29) is 6.03 Å². The summed E-state index contributed by atoms with van der Waals surface area (Å²) in [6, 6.07) is 15.4. The minimum Gasteiger partial charge on any atom is -0.497 e. The fraction of sp³-hybridized carbons (Fsp3) is 0.316. The van der Waals surface area contributed by atoms with Crippen LogP contribution in [-0.4, -0.2) is 38.2 Å². The molecule has 24 heavy (non-hydrogen) atoms. The first-order chi connectivity index (χ1) is 11.7. The summed E-state index contributed by atoms with van der Waals surface area (Å²) in [5, 5.41) is 2.94. The van der Waals surface area contributed by atoms with Crippen LogP contribution < -0.4 is 14.8 Å². The molecule has 1 unspecified atom stereocenters. The number of hydrogen-bond donors (Lipinski definition) is 1. The molecule has 0 aliphatic carbocycles. The van der Waals surface area contributed by atoms with E-state index in [0.717, 1.165) is 36.7 Å². The molecule has 1 N–H and O–H groups in total. The van der Waals surface area contributed by atoms with Crippen molar-refractivity contribution in [3.8, 4) is 11.5 Å². The largest absolute Gasteiger partial charge is 0.497 e. The molecule has 1 heterocycles. The van der Waals surface area contributed by atoms with Crippen molar-refractivity contribution in [2.45, 2.75) is 12.3 Å². The number of rotatable bonds is 4. The lowest BCUT2D eigenvalue weighted by Crippen LogP contribution is -2.32. The lowest BCUT2D eigenvalue weighted by Gasteiger charge is -2.18. The molecule has 0 aromatic heterocycles. The van der Waals surface area contributed by atoms with E-state index in [1.54, 1.807) is 14.2 Å². The highest BCUT2D eigenvalue weighted by Crippen LogP contribution is 2.29. The highest BCUT2D eigenvalue weighted by atomic mass is 16.5. The van der Waals surface area contributed by atoms with Gasteiger partial charge >= 0.3 is 6.03 Å². The van der Waals surface area contributed by atoms with Gasteiger partial charge in [0.05, 0.1) is 14.2 Å². The van der Waals surface area contributed by atoms with Gasteiger partial charge in [-0.1, -0.05) is 12.1 Å². The number of amides is 2. The SMILES string of the molecule is COc1ccc(NC(=O)N2CCC(c3ccc(OC)cc3)C2)cc1. The summed E-state index contributed by atoms with van der Waals surface area (Å²) in [7, 11) is 3.28. The lowest BCUT2D eigenvalue weighted by atomic mass is 9.98. The zero-order valence-electron chi connectivity index (χ0n) is 14.0. The zero-order chi connectivity index (χ0) is 16.9. The molecule has 5 heteroatoms. The first-order valence-electron chi connectivity index (χ1n) is 8.03. The molecule has 5 nitrogen and oxygen atoms in total. The van der Waals surface area contributed by atoms with Crippen molar-refractivity contribution >= 4 is 11.7 Å². The second-order valence-electron chi connectivity index (χ2n) is 5.86. The van der Waals surface area contributed by atoms with Crippen LogP contribution >= 0.6 is 0 Å². The quantitative estimate of drug-likeness (QED) is 0.931. The van der Waals surface area contributed by atoms with E-state index >= 15 is 0 Å². The highest BCUT2D eigenvalue weighted by molar-refractivity contribution is 5.89. The van der Waals surface area contributed by atoms with E-state index in [0.29, 0.717) is 5.92 Å². The number of hydrogen-bond acceptors (Lipinski definition) is 3. The van der Waals surface area contributed by atoms with Crippen LogP contribution in [0, 0.1) is 0 Å². The van der Waals surface area contributed by atoms with Crippen molar-refractivity contribution in [3.63, 3.8) is 0 Å². The van der Waals surface area contributed by atoms with Crippen LogP contribution in [0.3, 0.4) is 0 Å². The summed E-state index contributed by atoms with van der Waals surface area (Å²) in [6.07, 6.45) is 0.975. The van der Waals surface area contributed by atoms with Crippen LogP contribution in [0.15, 0.2) is 48.5 Å². The zero-order valence-corrected chi connectivity index (χ0v) is 14.0. The Bertz CT molecular complexity index is 683. The Kier molecular flexibility index (Phi) is 4.89. The summed E-state index contributed by atoms with van der Waals surface area (Å²) in [5.41, 5.74) is 2.02. The molecule has 1 aliphatic heterocycles. The Morgan fingerprint density at radius 2 is 1.58 bits per heavy atom. The van der Waals surface area contributed by atoms with Crippen LogP contribution in [0.1, 0.15) is 17.9 Å². The molecule has 1 aliphatic rings. The fourth-order valence-electron chi connectivity index (χ4n) is 2.97. The Morgan fingerprint density at radius 3 is 2.17 bits per heavy atom. The maximum Gasteiger partial charge on any atom is 0.321 e. The average molecular weight is 326 g/mol. The first-order valence-corrected chi connectivity index (χ1v) is 8.03.